The zero-order valence-corrected chi connectivity index (χ0v) is 24.2. The highest BCUT2D eigenvalue weighted by Gasteiger charge is 2.26. The first-order chi connectivity index (χ1) is 20.0. The lowest BCUT2D eigenvalue weighted by molar-refractivity contribution is 0.101. The number of allylic oxidation sites excluding steroid dienone is 2. The Hall–Kier alpha value is -4.10. The standard InChI is InChI=1S/C29H28F2N4O5S2/c1-2-15-41(37,38)34-25-14-13-24(30)26(27(25)31)29(36)33-20-16-22-23(19-9-5-3-6-10-19)18-35(28(22)32-17-20)42(39,40)21-11-7-4-8-12-21/h4,7-9,11-14,16-18,34H,2-3,5-6,10,15H2,1H3,(H,33,36). The molecule has 220 valence electrons. The number of nitrogens with zero attached hydrogens (tertiary/aromatic N) is 2. The highest BCUT2D eigenvalue weighted by atomic mass is 32.2. The summed E-state index contributed by atoms with van der Waals surface area (Å²) in [6.07, 6.45) is 8.49. The number of pyridine rings is 1. The average molecular weight is 615 g/mol. The van der Waals surface area contributed by atoms with E-state index in [9.17, 15) is 26.0 Å². The van der Waals surface area contributed by atoms with E-state index in [2.05, 4.69) is 10.3 Å². The number of hydrogen-bond donors (Lipinski definition) is 2. The van der Waals surface area contributed by atoms with Crippen LogP contribution in [0.1, 0.15) is 54.9 Å². The molecule has 9 nitrogen and oxygen atoms in total. The molecule has 4 aromatic rings. The first-order valence-electron chi connectivity index (χ1n) is 13.3. The number of halogens is 2. The van der Waals surface area contributed by atoms with Crippen LogP contribution in [0.2, 0.25) is 0 Å². The molecule has 0 saturated heterocycles. The van der Waals surface area contributed by atoms with E-state index in [4.69, 9.17) is 0 Å². The number of carbonyl (C=O) groups excluding carboxylic acids is 1. The van der Waals surface area contributed by atoms with Gasteiger partial charge in [-0.25, -0.2) is 34.6 Å². The Morgan fingerprint density at radius 3 is 2.50 bits per heavy atom. The zero-order valence-electron chi connectivity index (χ0n) is 22.6. The second-order valence-electron chi connectivity index (χ2n) is 9.89. The molecular weight excluding hydrogens is 586 g/mol. The second kappa shape index (κ2) is 11.6. The van der Waals surface area contributed by atoms with Crippen LogP contribution in [0.5, 0.6) is 0 Å². The minimum atomic E-state index is -4.01. The molecule has 2 aromatic carbocycles. The van der Waals surface area contributed by atoms with Gasteiger partial charge >= 0.3 is 0 Å². The molecule has 0 aliphatic heterocycles. The first-order valence-corrected chi connectivity index (χ1v) is 16.4. The molecule has 0 spiro atoms. The molecule has 0 radical (unpaired) electrons. The number of aromatic nitrogens is 2. The number of sulfonamides is 1. The number of benzene rings is 2. The fraction of sp³-hybridized carbons (Fsp3) is 0.241. The van der Waals surface area contributed by atoms with Crippen molar-refractivity contribution >= 4 is 53.9 Å². The monoisotopic (exact) mass is 614 g/mol. The Balaban J connectivity index is 1.55. The van der Waals surface area contributed by atoms with E-state index in [1.54, 1.807) is 25.1 Å². The summed E-state index contributed by atoms with van der Waals surface area (Å²) in [5.74, 6) is -4.01. The van der Waals surface area contributed by atoms with Crippen LogP contribution in [0.4, 0.5) is 20.2 Å². The molecule has 0 fully saturated rings. The molecule has 2 aromatic heterocycles. The van der Waals surface area contributed by atoms with Crippen molar-refractivity contribution in [2.75, 3.05) is 15.8 Å². The maximum atomic E-state index is 15.2. The summed E-state index contributed by atoms with van der Waals surface area (Å²) in [7, 11) is -7.92. The van der Waals surface area contributed by atoms with Gasteiger partial charge in [-0.05, 0) is 68.0 Å². The third kappa shape index (κ3) is 5.79. The topological polar surface area (TPSA) is 127 Å². The summed E-state index contributed by atoms with van der Waals surface area (Å²) in [6, 6.07) is 11.1. The maximum Gasteiger partial charge on any atom is 0.269 e. The van der Waals surface area contributed by atoms with Gasteiger partial charge < -0.3 is 5.32 Å². The number of rotatable bonds is 9. The van der Waals surface area contributed by atoms with E-state index in [0.29, 0.717) is 10.9 Å². The third-order valence-electron chi connectivity index (χ3n) is 6.86. The summed E-state index contributed by atoms with van der Waals surface area (Å²) in [6.45, 7) is 1.63. The molecule has 2 heterocycles. The summed E-state index contributed by atoms with van der Waals surface area (Å²) < 4.78 is 84.3. The minimum absolute atomic E-state index is 0.0655. The summed E-state index contributed by atoms with van der Waals surface area (Å²) in [4.78, 5) is 17.5. The van der Waals surface area contributed by atoms with Crippen molar-refractivity contribution in [3.8, 4) is 0 Å². The highest BCUT2D eigenvalue weighted by Crippen LogP contribution is 2.35. The quantitative estimate of drug-likeness (QED) is 0.241. The van der Waals surface area contributed by atoms with Crippen LogP contribution in [-0.4, -0.2) is 37.5 Å². The number of fused-ring (bicyclic) bond motifs is 1. The zero-order chi connectivity index (χ0) is 30.1. The smallest absolute Gasteiger partial charge is 0.269 e. The summed E-state index contributed by atoms with van der Waals surface area (Å²) in [5.41, 5.74) is 0.212. The molecule has 0 unspecified atom stereocenters. The van der Waals surface area contributed by atoms with Crippen LogP contribution in [-0.2, 0) is 20.0 Å². The van der Waals surface area contributed by atoms with Crippen LogP contribution in [0, 0.1) is 11.6 Å². The van der Waals surface area contributed by atoms with E-state index < -0.39 is 48.8 Å². The van der Waals surface area contributed by atoms with E-state index >= 15 is 4.39 Å². The lowest BCUT2D eigenvalue weighted by atomic mass is 9.94. The van der Waals surface area contributed by atoms with Gasteiger partial charge in [-0.15, -0.1) is 0 Å². The number of carbonyl (C=O) groups is 1. The van der Waals surface area contributed by atoms with Crippen LogP contribution in [0.3, 0.4) is 0 Å². The van der Waals surface area contributed by atoms with Crippen molar-refractivity contribution in [1.29, 1.82) is 0 Å². The Morgan fingerprint density at radius 2 is 1.81 bits per heavy atom. The molecule has 0 atom stereocenters. The van der Waals surface area contributed by atoms with Gasteiger partial charge in [-0.3, -0.25) is 9.52 Å². The van der Waals surface area contributed by atoms with Crippen LogP contribution < -0.4 is 10.0 Å². The molecule has 0 bridgehead atoms. The Labute approximate surface area is 242 Å². The van der Waals surface area contributed by atoms with Gasteiger partial charge in [0.15, 0.2) is 11.5 Å². The normalized spacial score (nSPS) is 14.0. The van der Waals surface area contributed by atoms with Crippen molar-refractivity contribution in [2.24, 2.45) is 0 Å². The Morgan fingerprint density at radius 1 is 1.05 bits per heavy atom. The summed E-state index contributed by atoms with van der Waals surface area (Å²) >= 11 is 0. The third-order valence-corrected chi connectivity index (χ3v) is 10.0. The van der Waals surface area contributed by atoms with Crippen molar-refractivity contribution in [3.05, 3.63) is 89.8 Å². The molecule has 0 saturated carbocycles. The predicted molar refractivity (Wildman–Crippen MR) is 157 cm³/mol. The number of anilines is 2. The van der Waals surface area contributed by atoms with E-state index in [0.717, 1.165) is 47.4 Å². The Bertz CT molecular complexity index is 1920. The van der Waals surface area contributed by atoms with Gasteiger partial charge in [0, 0.05) is 17.1 Å². The largest absolute Gasteiger partial charge is 0.320 e. The van der Waals surface area contributed by atoms with Gasteiger partial charge in [0.1, 0.15) is 11.4 Å². The van der Waals surface area contributed by atoms with Gasteiger partial charge in [0.2, 0.25) is 10.0 Å². The molecule has 1 amide bonds. The van der Waals surface area contributed by atoms with Crippen molar-refractivity contribution in [1.82, 2.24) is 8.96 Å². The first kappa shape index (κ1) is 29.4. The fourth-order valence-corrected chi connectivity index (χ4v) is 7.37. The molecule has 13 heteroatoms. The van der Waals surface area contributed by atoms with Gasteiger partial charge in [0.25, 0.3) is 15.9 Å². The van der Waals surface area contributed by atoms with Crippen molar-refractivity contribution in [2.45, 2.75) is 43.9 Å². The molecule has 42 heavy (non-hydrogen) atoms. The lowest BCUT2D eigenvalue weighted by Crippen LogP contribution is -2.20. The van der Waals surface area contributed by atoms with Crippen LogP contribution in [0.15, 0.2) is 71.9 Å². The minimum Gasteiger partial charge on any atom is -0.320 e. The van der Waals surface area contributed by atoms with E-state index in [-0.39, 0.29) is 28.4 Å². The van der Waals surface area contributed by atoms with Crippen LogP contribution >= 0.6 is 0 Å². The molecule has 1 aliphatic rings. The molecule has 1 aliphatic carbocycles. The van der Waals surface area contributed by atoms with Crippen LogP contribution in [0.25, 0.3) is 16.6 Å². The number of hydrogen-bond acceptors (Lipinski definition) is 6. The number of nitrogens with one attached hydrogen (secondary N) is 2. The van der Waals surface area contributed by atoms with Gasteiger partial charge in [-0.1, -0.05) is 31.2 Å². The predicted octanol–water partition coefficient (Wildman–Crippen LogP) is 5.91. The molecule has 5 rings (SSSR count). The highest BCUT2D eigenvalue weighted by molar-refractivity contribution is 7.92. The van der Waals surface area contributed by atoms with Gasteiger partial charge in [0.05, 0.1) is 28.2 Å². The van der Waals surface area contributed by atoms with E-state index in [1.807, 2.05) is 10.8 Å². The average Bonchev–Trinajstić information content (AvgIpc) is 3.35. The molecular formula is C29H28F2N4O5S2. The maximum absolute atomic E-state index is 15.2. The SMILES string of the molecule is CCCS(=O)(=O)Nc1ccc(F)c(C(=O)Nc2cnc3c(c2)c(C2=CCCCC2)cn3S(=O)(=O)c2ccccc2)c1F. The van der Waals surface area contributed by atoms with Gasteiger partial charge in [-0.2, -0.15) is 0 Å². The fourth-order valence-electron chi connectivity index (χ4n) is 4.90. The summed E-state index contributed by atoms with van der Waals surface area (Å²) in [5, 5.41) is 2.85. The Kier molecular flexibility index (Phi) is 8.15. The second-order valence-corrected chi connectivity index (χ2v) is 13.5. The molecule has 2 N–H and O–H groups in total. The number of amides is 1. The van der Waals surface area contributed by atoms with Crippen molar-refractivity contribution in [3.63, 3.8) is 0 Å². The van der Waals surface area contributed by atoms with Crippen molar-refractivity contribution < 1.29 is 30.4 Å². The lowest BCUT2D eigenvalue weighted by Gasteiger charge is -2.13. The van der Waals surface area contributed by atoms with E-state index in [1.165, 1.54) is 30.6 Å².